The van der Waals surface area contributed by atoms with Crippen LogP contribution in [0.25, 0.3) is 28.0 Å². The number of allylic oxidation sites excluding steroid dienone is 2. The van der Waals surface area contributed by atoms with Crippen LogP contribution in [0.5, 0.6) is 5.75 Å². The van der Waals surface area contributed by atoms with Crippen LogP contribution in [0.3, 0.4) is 0 Å². The van der Waals surface area contributed by atoms with Gasteiger partial charge in [-0.2, -0.15) is 0 Å². The topological polar surface area (TPSA) is 70.4 Å². The summed E-state index contributed by atoms with van der Waals surface area (Å²) in [6.07, 6.45) is 7.47. The van der Waals surface area contributed by atoms with Crippen LogP contribution in [0.4, 0.5) is 0 Å². The number of aromatic hydroxyl groups is 1. The van der Waals surface area contributed by atoms with Crippen molar-refractivity contribution in [3.05, 3.63) is 88.4 Å². The van der Waals surface area contributed by atoms with Gasteiger partial charge in [0.05, 0.1) is 17.0 Å². The zero-order chi connectivity index (χ0) is 20.7. The quantitative estimate of drug-likeness (QED) is 0.467. The summed E-state index contributed by atoms with van der Waals surface area (Å²) in [6.45, 7) is 1.88. The van der Waals surface area contributed by atoms with E-state index in [0.29, 0.717) is 22.8 Å². The van der Waals surface area contributed by atoms with Gasteiger partial charge in [0.25, 0.3) is 5.56 Å². The fourth-order valence-corrected chi connectivity index (χ4v) is 4.42. The number of hydrogen-bond acceptors (Lipinski definition) is 3. The normalized spacial score (nSPS) is 16.2. The van der Waals surface area contributed by atoms with E-state index >= 15 is 0 Å². The van der Waals surface area contributed by atoms with Crippen molar-refractivity contribution in [2.24, 2.45) is 0 Å². The number of aromatic nitrogens is 3. The molecule has 5 heteroatoms. The molecule has 2 N–H and O–H groups in total. The highest BCUT2D eigenvalue weighted by atomic mass is 16.3. The molecular formula is C25H23N3O2. The Morgan fingerprint density at radius 1 is 1.03 bits per heavy atom. The molecule has 1 aliphatic rings. The zero-order valence-corrected chi connectivity index (χ0v) is 16.8. The highest BCUT2D eigenvalue weighted by Gasteiger charge is 2.25. The molecule has 1 aliphatic carbocycles. The van der Waals surface area contributed by atoms with E-state index in [1.165, 1.54) is 0 Å². The van der Waals surface area contributed by atoms with Gasteiger partial charge in [0.1, 0.15) is 5.75 Å². The third kappa shape index (κ3) is 3.03. The van der Waals surface area contributed by atoms with E-state index in [9.17, 15) is 9.90 Å². The van der Waals surface area contributed by atoms with Crippen LogP contribution in [0.1, 0.15) is 36.4 Å². The van der Waals surface area contributed by atoms with Crippen LogP contribution >= 0.6 is 0 Å². The molecule has 1 unspecified atom stereocenters. The molecule has 0 fully saturated rings. The van der Waals surface area contributed by atoms with Crippen molar-refractivity contribution in [2.75, 3.05) is 0 Å². The van der Waals surface area contributed by atoms with Crippen LogP contribution < -0.4 is 5.56 Å². The number of hydrogen-bond donors (Lipinski definition) is 2. The summed E-state index contributed by atoms with van der Waals surface area (Å²) in [5, 5.41) is 13.0. The van der Waals surface area contributed by atoms with Crippen molar-refractivity contribution in [1.29, 1.82) is 0 Å². The first-order valence-corrected chi connectivity index (χ1v) is 10.3. The monoisotopic (exact) mass is 397 g/mol. The predicted molar refractivity (Wildman–Crippen MR) is 119 cm³/mol. The lowest BCUT2D eigenvalue weighted by atomic mass is 9.86. The molecule has 0 amide bonds. The average molecular weight is 397 g/mol. The van der Waals surface area contributed by atoms with Gasteiger partial charge in [0.2, 0.25) is 0 Å². The van der Waals surface area contributed by atoms with Gasteiger partial charge in [-0.05, 0) is 55.4 Å². The molecule has 0 saturated carbocycles. The number of nitrogens with one attached hydrogen (secondary N) is 1. The van der Waals surface area contributed by atoms with Gasteiger partial charge in [-0.15, -0.1) is 0 Å². The van der Waals surface area contributed by atoms with Crippen molar-refractivity contribution in [3.8, 4) is 28.1 Å². The number of nitrogens with zero attached hydrogens (tertiary/aromatic N) is 2. The van der Waals surface area contributed by atoms with Gasteiger partial charge in [-0.3, -0.25) is 9.89 Å². The molecule has 0 radical (unpaired) electrons. The summed E-state index contributed by atoms with van der Waals surface area (Å²) in [7, 11) is 0. The van der Waals surface area contributed by atoms with E-state index in [1.54, 1.807) is 28.8 Å². The number of aromatic amines is 1. The van der Waals surface area contributed by atoms with Crippen LogP contribution in [0, 0.1) is 6.92 Å². The van der Waals surface area contributed by atoms with Crippen molar-refractivity contribution in [1.82, 2.24) is 14.6 Å². The van der Waals surface area contributed by atoms with Crippen molar-refractivity contribution >= 4 is 5.65 Å². The SMILES string of the molecule is Cc1nc2c(C3CC=CCC3)c(-c3ccccc3)[nH]n2c(=O)c1-c1ccc(O)cc1. The lowest BCUT2D eigenvalue weighted by Gasteiger charge is -2.18. The molecule has 1 atom stereocenters. The molecule has 30 heavy (non-hydrogen) atoms. The van der Waals surface area contributed by atoms with E-state index in [0.717, 1.165) is 41.6 Å². The smallest absolute Gasteiger partial charge is 0.280 e. The van der Waals surface area contributed by atoms with Crippen LogP contribution in [-0.4, -0.2) is 19.7 Å². The Balaban J connectivity index is 1.79. The lowest BCUT2D eigenvalue weighted by Crippen LogP contribution is -2.19. The summed E-state index contributed by atoms with van der Waals surface area (Å²) in [5.74, 6) is 0.488. The van der Waals surface area contributed by atoms with Gasteiger partial charge in [-0.1, -0.05) is 54.6 Å². The molecule has 0 saturated heterocycles. The van der Waals surface area contributed by atoms with Gasteiger partial charge in [-0.25, -0.2) is 9.50 Å². The molecule has 2 aromatic carbocycles. The summed E-state index contributed by atoms with van der Waals surface area (Å²) in [5.41, 5.74) is 5.69. The summed E-state index contributed by atoms with van der Waals surface area (Å²) in [4.78, 5) is 18.4. The van der Waals surface area contributed by atoms with Crippen LogP contribution in [0.15, 0.2) is 71.5 Å². The summed E-state index contributed by atoms with van der Waals surface area (Å²) >= 11 is 0. The Labute approximate surface area is 174 Å². The van der Waals surface area contributed by atoms with Gasteiger partial charge >= 0.3 is 0 Å². The van der Waals surface area contributed by atoms with Gasteiger partial charge < -0.3 is 5.11 Å². The molecule has 2 heterocycles. The van der Waals surface area contributed by atoms with Gasteiger partial charge in [0.15, 0.2) is 5.65 Å². The number of fused-ring (bicyclic) bond motifs is 1. The number of phenols is 1. The van der Waals surface area contributed by atoms with E-state index in [-0.39, 0.29) is 11.3 Å². The molecule has 0 bridgehead atoms. The maximum atomic E-state index is 13.5. The second kappa shape index (κ2) is 7.34. The minimum atomic E-state index is -0.127. The minimum absolute atomic E-state index is 0.127. The number of rotatable bonds is 3. The molecule has 5 nitrogen and oxygen atoms in total. The van der Waals surface area contributed by atoms with E-state index in [1.807, 2.05) is 25.1 Å². The first-order chi connectivity index (χ1) is 14.6. The third-order valence-electron chi connectivity index (χ3n) is 5.89. The molecule has 0 spiro atoms. The molecular weight excluding hydrogens is 374 g/mol. The lowest BCUT2D eigenvalue weighted by molar-refractivity contribution is 0.475. The predicted octanol–water partition coefficient (Wildman–Crippen LogP) is 5.19. The van der Waals surface area contributed by atoms with Crippen LogP contribution in [-0.2, 0) is 0 Å². The van der Waals surface area contributed by atoms with E-state index < -0.39 is 0 Å². The highest BCUT2D eigenvalue weighted by molar-refractivity contribution is 5.74. The first-order valence-electron chi connectivity index (χ1n) is 10.3. The largest absolute Gasteiger partial charge is 0.508 e. The van der Waals surface area contributed by atoms with Crippen LogP contribution in [0.2, 0.25) is 0 Å². The summed E-state index contributed by atoms with van der Waals surface area (Å²) in [6, 6.07) is 16.8. The molecule has 2 aromatic heterocycles. The molecule has 5 rings (SSSR count). The fraction of sp³-hybridized carbons (Fsp3) is 0.200. The summed E-state index contributed by atoms with van der Waals surface area (Å²) < 4.78 is 1.59. The third-order valence-corrected chi connectivity index (χ3v) is 5.89. The Kier molecular flexibility index (Phi) is 4.51. The molecule has 150 valence electrons. The Morgan fingerprint density at radius 2 is 1.80 bits per heavy atom. The van der Waals surface area contributed by atoms with Crippen molar-refractivity contribution < 1.29 is 5.11 Å². The average Bonchev–Trinajstić information content (AvgIpc) is 3.16. The standard InChI is InChI=1S/C25H23N3O2/c1-16-21(18-12-14-20(29)15-13-18)25(30)28-24(26-16)22(17-8-4-2-5-9-17)23(27-28)19-10-6-3-7-11-19/h2-4,6-7,10-15,17,27,29H,5,8-9H2,1H3. The molecule has 4 aromatic rings. The number of aryl methyl sites for hydroxylation is 1. The zero-order valence-electron chi connectivity index (χ0n) is 16.8. The Bertz CT molecular complexity index is 1300. The minimum Gasteiger partial charge on any atom is -0.508 e. The molecule has 0 aliphatic heterocycles. The second-order valence-electron chi connectivity index (χ2n) is 7.83. The first kappa shape index (κ1) is 18.4. The second-order valence-corrected chi connectivity index (χ2v) is 7.83. The fourth-order valence-electron chi connectivity index (χ4n) is 4.42. The van der Waals surface area contributed by atoms with Crippen molar-refractivity contribution in [3.63, 3.8) is 0 Å². The number of benzene rings is 2. The van der Waals surface area contributed by atoms with Gasteiger partial charge in [0, 0.05) is 5.56 Å². The maximum absolute atomic E-state index is 13.5. The maximum Gasteiger partial charge on any atom is 0.280 e. The Morgan fingerprint density at radius 3 is 2.50 bits per heavy atom. The highest BCUT2D eigenvalue weighted by Crippen LogP contribution is 2.38. The van der Waals surface area contributed by atoms with Crippen molar-refractivity contribution in [2.45, 2.75) is 32.1 Å². The van der Waals surface area contributed by atoms with E-state index in [2.05, 4.69) is 29.4 Å². The van der Waals surface area contributed by atoms with E-state index in [4.69, 9.17) is 4.98 Å². The number of H-pyrrole nitrogens is 1. The number of phenolic OH excluding ortho intramolecular Hbond substituents is 1. The Hall–Kier alpha value is -3.60.